The minimum absolute atomic E-state index is 0.0162. The van der Waals surface area contributed by atoms with E-state index in [-0.39, 0.29) is 18.6 Å². The maximum atomic E-state index is 12.5. The van der Waals surface area contributed by atoms with E-state index in [2.05, 4.69) is 0 Å². The van der Waals surface area contributed by atoms with Crippen LogP contribution in [-0.4, -0.2) is 37.7 Å². The van der Waals surface area contributed by atoms with E-state index < -0.39 is 39.2 Å². The quantitative estimate of drug-likeness (QED) is 0.743. The fourth-order valence-electron chi connectivity index (χ4n) is 2.06. The number of alkyl halides is 3. The lowest BCUT2D eigenvalue weighted by atomic mass is 9.99. The Bertz CT molecular complexity index is 713. The van der Waals surface area contributed by atoms with Gasteiger partial charge >= 0.3 is 11.5 Å². The van der Waals surface area contributed by atoms with E-state index in [4.69, 9.17) is 15.6 Å². The average molecular weight is 353 g/mol. The lowest BCUT2D eigenvalue weighted by Gasteiger charge is -2.13. The predicted molar refractivity (Wildman–Crippen MR) is 73.1 cm³/mol. The molecule has 6 nitrogen and oxygen atoms in total. The van der Waals surface area contributed by atoms with Crippen molar-refractivity contribution >= 4 is 15.8 Å². The molecular formula is C13H14F3NO5S. The molecule has 23 heavy (non-hydrogen) atoms. The van der Waals surface area contributed by atoms with Crippen molar-refractivity contribution in [3.63, 3.8) is 0 Å². The predicted octanol–water partition coefficient (Wildman–Crippen LogP) is 1.15. The molecule has 1 fully saturated rings. The Morgan fingerprint density at radius 1 is 1.43 bits per heavy atom. The van der Waals surface area contributed by atoms with Crippen LogP contribution >= 0.6 is 0 Å². The summed E-state index contributed by atoms with van der Waals surface area (Å²) in [5.41, 5.74) is 0.859. The number of rotatable bonds is 6. The molecule has 0 bridgehead atoms. The number of hydrogen-bond donors (Lipinski definition) is 2. The molecule has 10 heteroatoms. The van der Waals surface area contributed by atoms with Crippen molar-refractivity contribution in [1.29, 1.82) is 0 Å². The molecule has 1 heterocycles. The summed E-state index contributed by atoms with van der Waals surface area (Å²) in [6.07, 6.45) is -0.504. The Morgan fingerprint density at radius 2 is 2.04 bits per heavy atom. The van der Waals surface area contributed by atoms with Gasteiger partial charge in [-0.2, -0.15) is 13.2 Å². The van der Waals surface area contributed by atoms with Gasteiger partial charge in [-0.05, 0) is 23.1 Å². The van der Waals surface area contributed by atoms with Gasteiger partial charge in [0.1, 0.15) is 12.1 Å². The number of aliphatic carboxylic acids is 1. The third-order valence-electron chi connectivity index (χ3n) is 3.36. The molecule has 0 aliphatic carbocycles. The van der Waals surface area contributed by atoms with E-state index in [0.717, 1.165) is 0 Å². The van der Waals surface area contributed by atoms with Crippen molar-refractivity contribution in [2.75, 3.05) is 6.61 Å². The number of sulfone groups is 1. The van der Waals surface area contributed by atoms with E-state index >= 15 is 0 Å². The first-order valence-corrected chi connectivity index (χ1v) is 8.17. The SMILES string of the molecule is NC(Cc1ccc(CS(=O)(=O)C(F)(F)F)c(C2CO2)c1)C(=O)O. The Balaban J connectivity index is 2.29. The molecule has 0 aromatic heterocycles. The molecule has 0 radical (unpaired) electrons. The first-order valence-electron chi connectivity index (χ1n) is 6.52. The molecule has 2 rings (SSSR count). The number of epoxide rings is 1. The van der Waals surface area contributed by atoms with Crippen LogP contribution in [0, 0.1) is 0 Å². The van der Waals surface area contributed by atoms with Crippen LogP contribution in [0.15, 0.2) is 18.2 Å². The molecule has 128 valence electrons. The van der Waals surface area contributed by atoms with Crippen molar-refractivity contribution in [3.05, 3.63) is 34.9 Å². The highest BCUT2D eigenvalue weighted by atomic mass is 32.2. The van der Waals surface area contributed by atoms with Gasteiger partial charge in [0.25, 0.3) is 9.84 Å². The van der Waals surface area contributed by atoms with Crippen molar-refractivity contribution < 1.29 is 36.2 Å². The molecule has 1 saturated heterocycles. The molecule has 0 amide bonds. The van der Waals surface area contributed by atoms with Crippen molar-refractivity contribution in [2.45, 2.75) is 29.8 Å². The summed E-state index contributed by atoms with van der Waals surface area (Å²) in [7, 11) is -5.30. The molecule has 1 aliphatic rings. The van der Waals surface area contributed by atoms with E-state index in [9.17, 15) is 26.4 Å². The Hall–Kier alpha value is -1.65. The second-order valence-corrected chi connectivity index (χ2v) is 7.19. The first kappa shape index (κ1) is 17.7. The maximum Gasteiger partial charge on any atom is 0.497 e. The van der Waals surface area contributed by atoms with Gasteiger partial charge in [-0.25, -0.2) is 8.42 Å². The largest absolute Gasteiger partial charge is 0.497 e. The summed E-state index contributed by atoms with van der Waals surface area (Å²) in [6.45, 7) is 0.271. The molecule has 0 spiro atoms. The molecule has 2 atom stereocenters. The minimum Gasteiger partial charge on any atom is -0.480 e. The first-order chi connectivity index (χ1) is 10.5. The van der Waals surface area contributed by atoms with Crippen LogP contribution in [0.25, 0.3) is 0 Å². The zero-order chi connectivity index (χ0) is 17.4. The molecule has 1 aromatic carbocycles. The number of carboxylic acid groups (broad SMARTS) is 1. The Labute approximate surface area is 130 Å². The van der Waals surface area contributed by atoms with Gasteiger partial charge in [0.05, 0.1) is 12.4 Å². The summed E-state index contributed by atoms with van der Waals surface area (Å²) in [5, 5.41) is 8.78. The van der Waals surface area contributed by atoms with Gasteiger partial charge in [-0.1, -0.05) is 18.2 Å². The molecule has 3 N–H and O–H groups in total. The maximum absolute atomic E-state index is 12.5. The van der Waals surface area contributed by atoms with Gasteiger partial charge < -0.3 is 15.6 Å². The standard InChI is InChI=1S/C13H14F3NO5S/c14-13(15,16)23(20,21)6-8-2-1-7(4-10(17)12(18)19)3-9(8)11-5-22-11/h1-3,10-11H,4-6,17H2,(H,18,19). The van der Waals surface area contributed by atoms with Crippen molar-refractivity contribution in [3.8, 4) is 0 Å². The van der Waals surface area contributed by atoms with Gasteiger partial charge in [0.15, 0.2) is 0 Å². The number of ether oxygens (including phenoxy) is 1. The zero-order valence-corrected chi connectivity index (χ0v) is 12.5. The van der Waals surface area contributed by atoms with E-state index in [0.29, 0.717) is 11.1 Å². The van der Waals surface area contributed by atoms with Gasteiger partial charge in [-0.3, -0.25) is 4.79 Å². The fourth-order valence-corrected chi connectivity index (χ4v) is 2.89. The van der Waals surface area contributed by atoms with Crippen LogP contribution in [0.4, 0.5) is 13.2 Å². The summed E-state index contributed by atoms with van der Waals surface area (Å²) in [4.78, 5) is 10.7. The molecular weight excluding hydrogens is 339 g/mol. The number of benzene rings is 1. The highest BCUT2D eigenvalue weighted by Crippen LogP contribution is 2.36. The number of carbonyl (C=O) groups is 1. The Kier molecular flexibility index (Phi) is 4.69. The monoisotopic (exact) mass is 353 g/mol. The smallest absolute Gasteiger partial charge is 0.480 e. The molecule has 1 aromatic rings. The van der Waals surface area contributed by atoms with Crippen LogP contribution in [0.2, 0.25) is 0 Å². The van der Waals surface area contributed by atoms with Crippen LogP contribution in [0.5, 0.6) is 0 Å². The van der Waals surface area contributed by atoms with Crippen LogP contribution < -0.4 is 5.73 Å². The Morgan fingerprint density at radius 3 is 2.52 bits per heavy atom. The third-order valence-corrected chi connectivity index (χ3v) is 4.76. The van der Waals surface area contributed by atoms with Gasteiger partial charge in [0.2, 0.25) is 0 Å². The lowest BCUT2D eigenvalue weighted by molar-refractivity contribution is -0.138. The van der Waals surface area contributed by atoms with E-state index in [1.165, 1.54) is 18.2 Å². The summed E-state index contributed by atoms with van der Waals surface area (Å²) >= 11 is 0. The third kappa shape index (κ3) is 4.21. The van der Waals surface area contributed by atoms with Gasteiger partial charge in [-0.15, -0.1) is 0 Å². The van der Waals surface area contributed by atoms with Crippen molar-refractivity contribution in [1.82, 2.24) is 0 Å². The molecule has 1 aliphatic heterocycles. The summed E-state index contributed by atoms with van der Waals surface area (Å²) in [6, 6.07) is 2.90. The van der Waals surface area contributed by atoms with Crippen molar-refractivity contribution in [2.24, 2.45) is 5.73 Å². The summed E-state index contributed by atoms with van der Waals surface area (Å²) < 4.78 is 65.1. The second kappa shape index (κ2) is 6.10. The van der Waals surface area contributed by atoms with E-state index in [1.807, 2.05) is 0 Å². The average Bonchev–Trinajstić information content (AvgIpc) is 3.23. The summed E-state index contributed by atoms with van der Waals surface area (Å²) in [5.74, 6) is -2.39. The highest BCUT2D eigenvalue weighted by molar-refractivity contribution is 7.91. The number of hydrogen-bond acceptors (Lipinski definition) is 5. The van der Waals surface area contributed by atoms with Gasteiger partial charge in [0, 0.05) is 0 Å². The molecule has 2 unspecified atom stereocenters. The van der Waals surface area contributed by atoms with Crippen LogP contribution in [0.3, 0.4) is 0 Å². The number of nitrogens with two attached hydrogens (primary N) is 1. The second-order valence-electron chi connectivity index (χ2n) is 5.21. The zero-order valence-electron chi connectivity index (χ0n) is 11.7. The lowest BCUT2D eigenvalue weighted by Crippen LogP contribution is -2.32. The topological polar surface area (TPSA) is 110 Å². The number of halogens is 3. The van der Waals surface area contributed by atoms with Crippen LogP contribution in [-0.2, 0) is 31.5 Å². The molecule has 0 saturated carbocycles. The number of carboxylic acids is 1. The van der Waals surface area contributed by atoms with Crippen LogP contribution in [0.1, 0.15) is 22.8 Å². The highest BCUT2D eigenvalue weighted by Gasteiger charge is 2.46. The minimum atomic E-state index is -5.33. The normalized spacial score (nSPS) is 19.4. The van der Waals surface area contributed by atoms with E-state index in [1.54, 1.807) is 0 Å². The fraction of sp³-hybridized carbons (Fsp3) is 0.462.